The summed E-state index contributed by atoms with van der Waals surface area (Å²) < 4.78 is 0. The third kappa shape index (κ3) is 1.47. The highest BCUT2D eigenvalue weighted by molar-refractivity contribution is 6.18. The van der Waals surface area contributed by atoms with Crippen molar-refractivity contribution in [3.63, 3.8) is 0 Å². The Morgan fingerprint density at radius 3 is 3.17 bits per heavy atom. The Bertz CT molecular complexity index is 198. The molecule has 1 saturated heterocycles. The smallest absolute Gasteiger partial charge is 0.0261 e. The zero-order valence-electron chi connectivity index (χ0n) is 7.41. The SMILES string of the molecule is ClCCC1=C2NCCC2CCC1. The van der Waals surface area contributed by atoms with Crippen LogP contribution in [0.5, 0.6) is 0 Å². The Balaban J connectivity index is 2.14. The molecule has 2 heteroatoms. The summed E-state index contributed by atoms with van der Waals surface area (Å²) in [4.78, 5) is 0. The van der Waals surface area contributed by atoms with Crippen LogP contribution in [0.4, 0.5) is 0 Å². The van der Waals surface area contributed by atoms with Gasteiger partial charge in [-0.2, -0.15) is 0 Å². The quantitative estimate of drug-likeness (QED) is 0.653. The van der Waals surface area contributed by atoms with E-state index in [1.54, 1.807) is 11.3 Å². The number of rotatable bonds is 2. The highest BCUT2D eigenvalue weighted by Crippen LogP contribution is 2.35. The number of allylic oxidation sites excluding steroid dienone is 2. The minimum atomic E-state index is 0.785. The van der Waals surface area contributed by atoms with Crippen molar-refractivity contribution in [2.24, 2.45) is 5.92 Å². The molecular weight excluding hydrogens is 170 g/mol. The van der Waals surface area contributed by atoms with Gasteiger partial charge in [-0.05, 0) is 37.7 Å². The van der Waals surface area contributed by atoms with Crippen LogP contribution in [0.3, 0.4) is 0 Å². The summed E-state index contributed by atoms with van der Waals surface area (Å²) in [5.41, 5.74) is 3.17. The Labute approximate surface area is 79.2 Å². The van der Waals surface area contributed by atoms with Gasteiger partial charge in [0.1, 0.15) is 0 Å². The monoisotopic (exact) mass is 185 g/mol. The maximum absolute atomic E-state index is 5.76. The Morgan fingerprint density at radius 2 is 2.33 bits per heavy atom. The lowest BCUT2D eigenvalue weighted by molar-refractivity contribution is 0.510. The van der Waals surface area contributed by atoms with Gasteiger partial charge >= 0.3 is 0 Å². The van der Waals surface area contributed by atoms with Gasteiger partial charge in [0.2, 0.25) is 0 Å². The topological polar surface area (TPSA) is 12.0 Å². The van der Waals surface area contributed by atoms with E-state index in [2.05, 4.69) is 5.32 Å². The van der Waals surface area contributed by atoms with Crippen LogP contribution >= 0.6 is 11.6 Å². The largest absolute Gasteiger partial charge is 0.388 e. The second-order valence-corrected chi connectivity index (χ2v) is 4.14. The molecule has 12 heavy (non-hydrogen) atoms. The normalized spacial score (nSPS) is 28.6. The summed E-state index contributed by atoms with van der Waals surface area (Å²) in [5.74, 6) is 1.64. The zero-order chi connectivity index (χ0) is 8.39. The number of hydrogen-bond donors (Lipinski definition) is 1. The van der Waals surface area contributed by atoms with Crippen LogP contribution in [0, 0.1) is 5.92 Å². The van der Waals surface area contributed by atoms with Gasteiger partial charge in [0.15, 0.2) is 0 Å². The van der Waals surface area contributed by atoms with Crippen LogP contribution in [-0.2, 0) is 0 Å². The first kappa shape index (κ1) is 8.43. The number of nitrogens with one attached hydrogen (secondary N) is 1. The van der Waals surface area contributed by atoms with E-state index in [4.69, 9.17) is 11.6 Å². The second-order valence-electron chi connectivity index (χ2n) is 3.76. The average molecular weight is 186 g/mol. The second kappa shape index (κ2) is 3.69. The van der Waals surface area contributed by atoms with Crippen molar-refractivity contribution in [2.45, 2.75) is 32.1 Å². The van der Waals surface area contributed by atoms with Crippen LogP contribution < -0.4 is 5.32 Å². The molecule has 1 nitrogen and oxygen atoms in total. The van der Waals surface area contributed by atoms with E-state index in [0.29, 0.717) is 0 Å². The van der Waals surface area contributed by atoms with Gasteiger partial charge in [0.05, 0.1) is 0 Å². The number of hydrogen-bond acceptors (Lipinski definition) is 1. The van der Waals surface area contributed by atoms with E-state index < -0.39 is 0 Å². The molecule has 1 aliphatic heterocycles. The molecule has 1 aliphatic carbocycles. The molecule has 0 aromatic heterocycles. The average Bonchev–Trinajstić information content (AvgIpc) is 2.53. The maximum atomic E-state index is 5.76. The zero-order valence-corrected chi connectivity index (χ0v) is 8.16. The first-order valence-corrected chi connectivity index (χ1v) is 5.47. The summed E-state index contributed by atoms with van der Waals surface area (Å²) in [6.07, 6.45) is 6.50. The van der Waals surface area contributed by atoms with E-state index in [1.165, 1.54) is 32.2 Å². The summed E-state index contributed by atoms with van der Waals surface area (Å²) in [6, 6.07) is 0. The van der Waals surface area contributed by atoms with Gasteiger partial charge in [0, 0.05) is 24.0 Å². The van der Waals surface area contributed by atoms with Gasteiger partial charge in [-0.3, -0.25) is 0 Å². The fourth-order valence-electron chi connectivity index (χ4n) is 2.44. The van der Waals surface area contributed by atoms with Crippen LogP contribution in [0.1, 0.15) is 32.1 Å². The molecule has 0 aromatic carbocycles. The first-order valence-electron chi connectivity index (χ1n) is 4.93. The summed E-state index contributed by atoms with van der Waals surface area (Å²) in [6.45, 7) is 1.19. The fourth-order valence-corrected chi connectivity index (χ4v) is 2.67. The van der Waals surface area contributed by atoms with Crippen molar-refractivity contribution >= 4 is 11.6 Å². The molecular formula is C10H16ClN. The van der Waals surface area contributed by atoms with Gasteiger partial charge in [-0.25, -0.2) is 0 Å². The van der Waals surface area contributed by atoms with Crippen LogP contribution in [0.15, 0.2) is 11.3 Å². The lowest BCUT2D eigenvalue weighted by atomic mass is 9.86. The first-order chi connectivity index (χ1) is 5.92. The summed E-state index contributed by atoms with van der Waals surface area (Å²) >= 11 is 5.76. The molecule has 1 atom stereocenters. The van der Waals surface area contributed by atoms with E-state index in [1.807, 2.05) is 0 Å². The Hall–Kier alpha value is -0.170. The Kier molecular flexibility index (Phi) is 2.60. The van der Waals surface area contributed by atoms with Crippen molar-refractivity contribution in [1.82, 2.24) is 5.32 Å². The van der Waals surface area contributed by atoms with Crippen molar-refractivity contribution in [3.05, 3.63) is 11.3 Å². The van der Waals surface area contributed by atoms with Gasteiger partial charge in [0.25, 0.3) is 0 Å². The third-order valence-electron chi connectivity index (χ3n) is 3.02. The lowest BCUT2D eigenvalue weighted by Crippen LogP contribution is -2.15. The number of alkyl halides is 1. The third-order valence-corrected chi connectivity index (χ3v) is 3.21. The van der Waals surface area contributed by atoms with E-state index in [0.717, 1.165) is 18.2 Å². The number of halogens is 1. The van der Waals surface area contributed by atoms with Crippen molar-refractivity contribution in [3.8, 4) is 0 Å². The molecule has 0 spiro atoms. The molecule has 0 bridgehead atoms. The van der Waals surface area contributed by atoms with Gasteiger partial charge < -0.3 is 5.32 Å². The molecule has 2 aliphatic rings. The molecule has 0 saturated carbocycles. The Morgan fingerprint density at radius 1 is 1.42 bits per heavy atom. The van der Waals surface area contributed by atoms with Crippen molar-refractivity contribution in [2.75, 3.05) is 12.4 Å². The van der Waals surface area contributed by atoms with E-state index >= 15 is 0 Å². The minimum absolute atomic E-state index is 0.785. The molecule has 1 unspecified atom stereocenters. The van der Waals surface area contributed by atoms with Crippen molar-refractivity contribution in [1.29, 1.82) is 0 Å². The minimum Gasteiger partial charge on any atom is -0.388 e. The van der Waals surface area contributed by atoms with Crippen LogP contribution in [0.25, 0.3) is 0 Å². The van der Waals surface area contributed by atoms with E-state index in [9.17, 15) is 0 Å². The molecule has 1 heterocycles. The molecule has 0 aromatic rings. The lowest BCUT2D eigenvalue weighted by Gasteiger charge is -2.22. The van der Waals surface area contributed by atoms with E-state index in [-0.39, 0.29) is 0 Å². The molecule has 0 radical (unpaired) electrons. The highest BCUT2D eigenvalue weighted by atomic mass is 35.5. The van der Waals surface area contributed by atoms with Gasteiger partial charge in [-0.1, -0.05) is 0 Å². The standard InChI is InChI=1S/C10H16ClN/c11-6-4-8-2-1-3-9-5-7-12-10(8)9/h9,12H,1-7H2. The predicted molar refractivity (Wildman–Crippen MR) is 52.3 cm³/mol. The maximum Gasteiger partial charge on any atom is 0.0261 e. The fraction of sp³-hybridized carbons (Fsp3) is 0.800. The van der Waals surface area contributed by atoms with Crippen molar-refractivity contribution < 1.29 is 0 Å². The molecule has 2 rings (SSSR count). The summed E-state index contributed by atoms with van der Waals surface area (Å²) in [7, 11) is 0. The molecule has 0 amide bonds. The highest BCUT2D eigenvalue weighted by Gasteiger charge is 2.26. The summed E-state index contributed by atoms with van der Waals surface area (Å²) in [5, 5.41) is 3.51. The molecule has 1 N–H and O–H groups in total. The van der Waals surface area contributed by atoms with Crippen LogP contribution in [0.2, 0.25) is 0 Å². The van der Waals surface area contributed by atoms with Gasteiger partial charge in [-0.15, -0.1) is 11.6 Å². The predicted octanol–water partition coefficient (Wildman–Crippen LogP) is 2.66. The van der Waals surface area contributed by atoms with Crippen LogP contribution in [-0.4, -0.2) is 12.4 Å². The molecule has 1 fully saturated rings. The number of fused-ring (bicyclic) bond motifs is 1. The molecule has 68 valence electrons.